The zero-order chi connectivity index (χ0) is 21.5. The number of esters is 1. The molecule has 0 spiro atoms. The van der Waals surface area contributed by atoms with E-state index in [1.165, 1.54) is 7.11 Å². The first-order chi connectivity index (χ1) is 13.5. The molecule has 2 aromatic carbocycles. The predicted octanol–water partition coefficient (Wildman–Crippen LogP) is 6.31. The number of halogens is 1. The Bertz CT molecular complexity index is 890. The van der Waals surface area contributed by atoms with Gasteiger partial charge in [-0.2, -0.15) is 0 Å². The van der Waals surface area contributed by atoms with E-state index in [1.807, 2.05) is 30.3 Å². The average Bonchev–Trinajstić information content (AvgIpc) is 3.31. The minimum absolute atomic E-state index is 0.0421. The van der Waals surface area contributed by atoms with E-state index in [0.717, 1.165) is 14.7 Å². The highest BCUT2D eigenvalue weighted by atomic mass is 127. The summed E-state index contributed by atoms with van der Waals surface area (Å²) >= 11 is 2.35. The molecule has 0 aromatic heterocycles. The van der Waals surface area contributed by atoms with Crippen molar-refractivity contribution in [3.63, 3.8) is 0 Å². The van der Waals surface area contributed by atoms with Crippen LogP contribution in [0.25, 0.3) is 0 Å². The topological polar surface area (TPSA) is 35.5 Å². The quantitative estimate of drug-likeness (QED) is 0.253. The van der Waals surface area contributed by atoms with Gasteiger partial charge in [-0.1, -0.05) is 69.3 Å². The molecule has 0 saturated heterocycles. The molecule has 156 valence electrons. The molecule has 3 rings (SSSR count). The lowest BCUT2D eigenvalue weighted by Crippen LogP contribution is -2.47. The van der Waals surface area contributed by atoms with Crippen LogP contribution in [-0.4, -0.2) is 21.4 Å². The summed E-state index contributed by atoms with van der Waals surface area (Å²) in [4.78, 5) is 13.2. The fraction of sp³-hybridized carbons (Fsp3) is 0.458. The van der Waals surface area contributed by atoms with Crippen molar-refractivity contribution in [2.45, 2.75) is 57.3 Å². The fourth-order valence-corrected chi connectivity index (χ4v) is 6.07. The van der Waals surface area contributed by atoms with Crippen LogP contribution < -0.4 is 0 Å². The summed E-state index contributed by atoms with van der Waals surface area (Å²) in [5.74, 6) is -0.181. The predicted molar refractivity (Wildman–Crippen MR) is 128 cm³/mol. The number of benzene rings is 2. The van der Waals surface area contributed by atoms with Gasteiger partial charge >= 0.3 is 5.97 Å². The van der Waals surface area contributed by atoms with Gasteiger partial charge in [0, 0.05) is 9.99 Å². The first-order valence-electron chi connectivity index (χ1n) is 10.1. The van der Waals surface area contributed by atoms with E-state index < -0.39 is 19.3 Å². The van der Waals surface area contributed by atoms with Gasteiger partial charge in [-0.25, -0.2) is 0 Å². The maximum Gasteiger partial charge on any atom is 0.315 e. The molecule has 0 heterocycles. The van der Waals surface area contributed by atoms with E-state index in [2.05, 4.69) is 80.7 Å². The normalized spacial score (nSPS) is 24.2. The van der Waals surface area contributed by atoms with Crippen molar-refractivity contribution < 1.29 is 14.0 Å². The Balaban J connectivity index is 2.13. The van der Waals surface area contributed by atoms with Crippen molar-refractivity contribution in [1.29, 1.82) is 0 Å². The summed E-state index contributed by atoms with van der Waals surface area (Å²) in [6.07, 6.45) is 1.26. The second kappa shape index (κ2) is 7.82. The number of methoxy groups -OCH3 is 1. The molecule has 1 saturated carbocycles. The minimum atomic E-state index is -2.15. The van der Waals surface area contributed by atoms with Gasteiger partial charge in [0.1, 0.15) is 5.41 Å². The van der Waals surface area contributed by atoms with Crippen molar-refractivity contribution in [2.75, 3.05) is 7.11 Å². The van der Waals surface area contributed by atoms with Crippen molar-refractivity contribution >= 4 is 36.9 Å². The Morgan fingerprint density at radius 3 is 2.21 bits per heavy atom. The third-order valence-electron chi connectivity index (χ3n) is 6.70. The maximum atomic E-state index is 13.2. The summed E-state index contributed by atoms with van der Waals surface area (Å²) in [6.45, 7) is 11.2. The SMILES string of the molecule is COC(=O)[C@@]1(Cc2ccccc2I)C[C@@]1(O[Si](C)(C)C(C)(C)C)c1ccccc1. The number of hydrogen-bond donors (Lipinski definition) is 0. The van der Waals surface area contributed by atoms with Crippen LogP contribution in [0, 0.1) is 8.99 Å². The zero-order valence-electron chi connectivity index (χ0n) is 18.2. The number of carbonyl (C=O) groups excluding carboxylic acids is 1. The van der Waals surface area contributed by atoms with Crippen molar-refractivity contribution in [1.82, 2.24) is 0 Å². The van der Waals surface area contributed by atoms with Crippen LogP contribution in [-0.2, 0) is 26.0 Å². The Kier molecular flexibility index (Phi) is 6.07. The third kappa shape index (κ3) is 3.93. The van der Waals surface area contributed by atoms with Gasteiger partial charge in [-0.3, -0.25) is 4.79 Å². The molecule has 0 N–H and O–H groups in total. The first kappa shape index (κ1) is 22.5. The van der Waals surface area contributed by atoms with Gasteiger partial charge in [0.25, 0.3) is 0 Å². The largest absolute Gasteiger partial charge is 0.468 e. The van der Waals surface area contributed by atoms with Gasteiger partial charge in [-0.15, -0.1) is 0 Å². The molecule has 0 radical (unpaired) electrons. The van der Waals surface area contributed by atoms with Crippen molar-refractivity contribution in [2.24, 2.45) is 5.41 Å². The van der Waals surface area contributed by atoms with Crippen LogP contribution in [0.3, 0.4) is 0 Å². The Morgan fingerprint density at radius 2 is 1.66 bits per heavy atom. The standard InChI is InChI=1S/C24H31IO3Si/c1-22(2,3)29(5,6)28-24(19-13-8-7-9-14-19)17-23(24,21(26)27-4)16-18-12-10-11-15-20(18)25/h7-15H,16-17H2,1-6H3/t23-,24-/m1/s1. The Morgan fingerprint density at radius 1 is 1.07 bits per heavy atom. The molecule has 2 atom stereocenters. The summed E-state index contributed by atoms with van der Waals surface area (Å²) in [7, 11) is -0.662. The lowest BCUT2D eigenvalue weighted by Gasteiger charge is -2.41. The highest BCUT2D eigenvalue weighted by Crippen LogP contribution is 2.69. The van der Waals surface area contributed by atoms with Gasteiger partial charge in [0.15, 0.2) is 8.32 Å². The molecule has 0 amide bonds. The number of carbonyl (C=O) groups is 1. The van der Waals surface area contributed by atoms with Crippen LogP contribution in [0.1, 0.15) is 38.3 Å². The summed E-state index contributed by atoms with van der Waals surface area (Å²) in [6, 6.07) is 18.5. The van der Waals surface area contributed by atoms with Crippen molar-refractivity contribution in [3.8, 4) is 0 Å². The molecule has 0 unspecified atom stereocenters. The maximum absolute atomic E-state index is 13.2. The highest BCUT2D eigenvalue weighted by Gasteiger charge is 2.76. The molecular weight excluding hydrogens is 491 g/mol. The summed E-state index contributed by atoms with van der Waals surface area (Å²) in [5, 5.41) is 0.0421. The molecule has 29 heavy (non-hydrogen) atoms. The zero-order valence-corrected chi connectivity index (χ0v) is 21.4. The lowest BCUT2D eigenvalue weighted by atomic mass is 9.89. The molecule has 1 aliphatic rings. The second-order valence-corrected chi connectivity index (χ2v) is 15.5. The van der Waals surface area contributed by atoms with Gasteiger partial charge < -0.3 is 9.16 Å². The Labute approximate surface area is 189 Å². The van der Waals surface area contributed by atoms with Crippen LogP contribution in [0.4, 0.5) is 0 Å². The summed E-state index contributed by atoms with van der Waals surface area (Å²) in [5.41, 5.74) is 0.875. The first-order valence-corrected chi connectivity index (χ1v) is 14.1. The molecule has 0 aliphatic heterocycles. The number of rotatable bonds is 6. The average molecular weight is 522 g/mol. The van der Waals surface area contributed by atoms with Gasteiger partial charge in [0.05, 0.1) is 12.7 Å². The van der Waals surface area contributed by atoms with Crippen LogP contribution in [0.15, 0.2) is 54.6 Å². The molecule has 0 bridgehead atoms. The smallest absolute Gasteiger partial charge is 0.315 e. The molecule has 1 aliphatic carbocycles. The minimum Gasteiger partial charge on any atom is -0.468 e. The second-order valence-electron chi connectivity index (χ2n) is 9.57. The molecule has 3 nitrogen and oxygen atoms in total. The monoisotopic (exact) mass is 522 g/mol. The number of hydrogen-bond acceptors (Lipinski definition) is 3. The summed E-state index contributed by atoms with van der Waals surface area (Å²) < 4.78 is 13.6. The van der Waals surface area contributed by atoms with Gasteiger partial charge in [-0.05, 0) is 64.3 Å². The molecule has 1 fully saturated rings. The van der Waals surface area contributed by atoms with Crippen LogP contribution in [0.2, 0.25) is 18.1 Å². The Hall–Kier alpha value is -1.18. The van der Waals surface area contributed by atoms with Crippen LogP contribution >= 0.6 is 22.6 Å². The van der Waals surface area contributed by atoms with E-state index in [4.69, 9.17) is 9.16 Å². The molecule has 2 aromatic rings. The van der Waals surface area contributed by atoms with E-state index in [1.54, 1.807) is 0 Å². The van der Waals surface area contributed by atoms with E-state index in [0.29, 0.717) is 12.8 Å². The third-order valence-corrected chi connectivity index (χ3v) is 12.2. The van der Waals surface area contributed by atoms with Crippen LogP contribution in [0.5, 0.6) is 0 Å². The molecule has 5 heteroatoms. The van der Waals surface area contributed by atoms with E-state index in [9.17, 15) is 4.79 Å². The number of ether oxygens (including phenoxy) is 1. The van der Waals surface area contributed by atoms with E-state index >= 15 is 0 Å². The van der Waals surface area contributed by atoms with E-state index in [-0.39, 0.29) is 11.0 Å². The lowest BCUT2D eigenvalue weighted by molar-refractivity contribution is -0.150. The highest BCUT2D eigenvalue weighted by molar-refractivity contribution is 14.1. The van der Waals surface area contributed by atoms with Crippen molar-refractivity contribution in [3.05, 3.63) is 69.3 Å². The van der Waals surface area contributed by atoms with Gasteiger partial charge in [0.2, 0.25) is 0 Å². The fourth-order valence-electron chi connectivity index (χ4n) is 3.92. The molecular formula is C24H31IO3Si.